The van der Waals surface area contributed by atoms with Gasteiger partial charge in [0.2, 0.25) is 11.8 Å². The van der Waals surface area contributed by atoms with Crippen molar-refractivity contribution in [3.05, 3.63) is 204 Å². The molecule has 0 saturated heterocycles. The van der Waals surface area contributed by atoms with Gasteiger partial charge in [0, 0.05) is 44.2 Å². The van der Waals surface area contributed by atoms with Crippen molar-refractivity contribution in [1.29, 1.82) is 0 Å². The van der Waals surface area contributed by atoms with Gasteiger partial charge in [0.1, 0.15) is 23.3 Å². The Morgan fingerprint density at radius 1 is 0.565 bits per heavy atom. The largest absolute Gasteiger partial charge is 0.467 e. The molecule has 0 radical (unpaired) electrons. The fourth-order valence-corrected chi connectivity index (χ4v) is 9.47. The molecule has 296 valence electrons. The van der Waals surface area contributed by atoms with Crippen LogP contribution in [0.3, 0.4) is 0 Å². The fourth-order valence-electron chi connectivity index (χ4n) is 9.47. The molecule has 0 saturated carbocycles. The van der Waals surface area contributed by atoms with E-state index in [0.717, 1.165) is 77.1 Å². The van der Waals surface area contributed by atoms with Crippen LogP contribution in [0.2, 0.25) is 0 Å². The van der Waals surface area contributed by atoms with Crippen LogP contribution in [0.4, 0.5) is 0 Å². The maximum atomic E-state index is 6.57. The maximum absolute atomic E-state index is 6.57. The molecule has 2 aliphatic rings. The number of allylic oxidation sites excluding steroid dienone is 2. The maximum Gasteiger partial charge on any atom is 0.238 e. The van der Waals surface area contributed by atoms with Crippen molar-refractivity contribution in [2.75, 3.05) is 0 Å². The summed E-state index contributed by atoms with van der Waals surface area (Å²) in [6.45, 7) is 4.49. The minimum Gasteiger partial charge on any atom is -0.467 e. The number of aryl methyl sites for hydroxylation is 1. The Morgan fingerprint density at radius 2 is 1.26 bits per heavy atom. The zero-order chi connectivity index (χ0) is 41.3. The Hall–Kier alpha value is -7.90. The van der Waals surface area contributed by atoms with E-state index in [9.17, 15) is 0 Å². The Morgan fingerprint density at radius 3 is 2.11 bits per heavy atom. The van der Waals surface area contributed by atoms with Crippen LogP contribution in [-0.4, -0.2) is 37.6 Å². The van der Waals surface area contributed by atoms with Crippen LogP contribution >= 0.6 is 0 Å². The summed E-state index contributed by atoms with van der Waals surface area (Å²) in [6.07, 6.45) is 8.17. The molecule has 0 spiro atoms. The number of furan rings is 1. The Labute approximate surface area is 358 Å². The Bertz CT molecular complexity index is 3500. The first-order valence-electron chi connectivity index (χ1n) is 21.1. The van der Waals surface area contributed by atoms with Crippen molar-refractivity contribution < 1.29 is 9.15 Å². The van der Waals surface area contributed by atoms with Crippen molar-refractivity contribution in [2.24, 2.45) is 4.99 Å². The van der Waals surface area contributed by atoms with E-state index < -0.39 is 0 Å². The third-order valence-corrected chi connectivity index (χ3v) is 12.5. The third-order valence-electron chi connectivity index (χ3n) is 12.5. The fraction of sp³-hybridized carbons (Fsp3) is 0.0909. The number of hydrogen-bond donors (Lipinski definition) is 0. The molecule has 4 heterocycles. The molecule has 7 nitrogen and oxygen atoms in total. The lowest BCUT2D eigenvalue weighted by Crippen LogP contribution is -2.20. The normalized spacial score (nSPS) is 16.3. The molecule has 10 aromatic rings. The highest BCUT2D eigenvalue weighted by Crippen LogP contribution is 2.45. The van der Waals surface area contributed by atoms with Crippen molar-refractivity contribution >= 4 is 49.6 Å². The van der Waals surface area contributed by atoms with Crippen LogP contribution < -0.4 is 0 Å². The minimum absolute atomic E-state index is 0.0451. The number of nitrogens with zero attached hydrogens (tertiary/aromatic N) is 5. The third kappa shape index (κ3) is 5.80. The quantitative estimate of drug-likeness (QED) is 0.160. The summed E-state index contributed by atoms with van der Waals surface area (Å²) in [5.41, 5.74) is 12.2. The zero-order valence-corrected chi connectivity index (χ0v) is 34.1. The molecule has 0 N–H and O–H groups in total. The van der Waals surface area contributed by atoms with Gasteiger partial charge in [-0.1, -0.05) is 153 Å². The van der Waals surface area contributed by atoms with E-state index in [2.05, 4.69) is 134 Å². The van der Waals surface area contributed by atoms with E-state index in [1.807, 2.05) is 66.7 Å². The lowest BCUT2D eigenvalue weighted by Gasteiger charge is -2.23. The molecule has 1 aliphatic heterocycles. The monoisotopic (exact) mass is 801 g/mol. The first-order chi connectivity index (χ1) is 30.6. The number of fused-ring (bicyclic) bond motifs is 7. The van der Waals surface area contributed by atoms with Crippen LogP contribution in [0.5, 0.6) is 0 Å². The molecule has 12 rings (SSSR count). The number of aromatic nitrogens is 4. The summed E-state index contributed by atoms with van der Waals surface area (Å²) in [6, 6.07) is 54.8. The first-order valence-corrected chi connectivity index (χ1v) is 21.1. The summed E-state index contributed by atoms with van der Waals surface area (Å²) in [5, 5.41) is 4.35. The topological polar surface area (TPSA) is 78.3 Å². The molecule has 7 aromatic carbocycles. The molecule has 3 unspecified atom stereocenters. The van der Waals surface area contributed by atoms with Crippen molar-refractivity contribution in [2.45, 2.75) is 31.9 Å². The SMILES string of the molecule is Cc1ccccc1-c1ccc2c3ccccc3n(-c3nc(-c4ccccc4)nc(-c4ccc5c(c4)oc4ccccc45)n3)c2c1C(C)c1ccccc1C1=NC2C=CC=CC2O1. The van der Waals surface area contributed by atoms with Gasteiger partial charge in [0.15, 0.2) is 11.6 Å². The molecule has 62 heavy (non-hydrogen) atoms. The van der Waals surface area contributed by atoms with Crippen molar-refractivity contribution in [3.8, 4) is 39.9 Å². The number of aliphatic imine (C=N–C) groups is 1. The van der Waals surface area contributed by atoms with Crippen molar-refractivity contribution in [1.82, 2.24) is 19.5 Å². The van der Waals surface area contributed by atoms with Gasteiger partial charge in [-0.3, -0.25) is 4.57 Å². The minimum atomic E-state index is -0.127. The van der Waals surface area contributed by atoms with Crippen LogP contribution in [0, 0.1) is 6.92 Å². The zero-order valence-electron chi connectivity index (χ0n) is 34.1. The molecule has 7 heteroatoms. The van der Waals surface area contributed by atoms with E-state index in [-0.39, 0.29) is 18.1 Å². The molecule has 0 amide bonds. The lowest BCUT2D eigenvalue weighted by atomic mass is 9.82. The smallest absolute Gasteiger partial charge is 0.238 e. The average molecular weight is 802 g/mol. The molecular weight excluding hydrogens is 763 g/mol. The lowest BCUT2D eigenvalue weighted by molar-refractivity contribution is 0.255. The standard InChI is InChI=1S/C55H39N5O2/c1-33-16-6-7-19-37(33)42-30-31-43-39-21-10-13-25-46(39)60(51(43)50(42)34(2)38-20-8-9-23-44(38)54-56-45-24-12-15-27-48(45)62-54)55-58-52(35-17-4-3-5-18-35)57-53(59-55)36-28-29-41-40-22-11-14-26-47(40)61-49(41)32-36/h3-32,34,45,48H,1-2H3. The second-order valence-electron chi connectivity index (χ2n) is 16.1. The summed E-state index contributed by atoms with van der Waals surface area (Å²) in [7, 11) is 0. The van der Waals surface area contributed by atoms with E-state index in [1.165, 1.54) is 11.1 Å². The van der Waals surface area contributed by atoms with Gasteiger partial charge in [0.25, 0.3) is 0 Å². The van der Waals surface area contributed by atoms with Crippen molar-refractivity contribution in [3.63, 3.8) is 0 Å². The van der Waals surface area contributed by atoms with E-state index in [0.29, 0.717) is 23.5 Å². The highest BCUT2D eigenvalue weighted by atomic mass is 16.5. The second-order valence-corrected chi connectivity index (χ2v) is 16.1. The summed E-state index contributed by atoms with van der Waals surface area (Å²) < 4.78 is 15.2. The molecule has 3 aromatic heterocycles. The van der Waals surface area contributed by atoms with Gasteiger partial charge in [-0.2, -0.15) is 9.97 Å². The predicted octanol–water partition coefficient (Wildman–Crippen LogP) is 13.0. The van der Waals surface area contributed by atoms with Crippen LogP contribution in [0.25, 0.3) is 83.6 Å². The van der Waals surface area contributed by atoms with Crippen LogP contribution in [0.1, 0.15) is 35.1 Å². The van der Waals surface area contributed by atoms with Gasteiger partial charge in [0.05, 0.1) is 11.0 Å². The number of ether oxygens (including phenoxy) is 1. The summed E-state index contributed by atoms with van der Waals surface area (Å²) in [4.78, 5) is 21.0. The van der Waals surface area contributed by atoms with Crippen LogP contribution in [0.15, 0.2) is 191 Å². The average Bonchev–Trinajstić information content (AvgIpc) is 4.03. The molecule has 1 aliphatic carbocycles. The van der Waals surface area contributed by atoms with E-state index >= 15 is 0 Å². The van der Waals surface area contributed by atoms with Gasteiger partial charge >= 0.3 is 0 Å². The molecule has 3 atom stereocenters. The predicted molar refractivity (Wildman–Crippen MR) is 250 cm³/mol. The molecular formula is C55H39N5O2. The number of hydrogen-bond acceptors (Lipinski definition) is 6. The second kappa shape index (κ2) is 14.4. The number of benzene rings is 7. The van der Waals surface area contributed by atoms with Gasteiger partial charge < -0.3 is 9.15 Å². The van der Waals surface area contributed by atoms with Gasteiger partial charge in [-0.05, 0) is 71.1 Å². The number of para-hydroxylation sites is 2. The summed E-state index contributed by atoms with van der Waals surface area (Å²) in [5.74, 6) is 2.20. The molecule has 0 bridgehead atoms. The van der Waals surface area contributed by atoms with Crippen LogP contribution in [-0.2, 0) is 4.74 Å². The first kappa shape index (κ1) is 36.0. The van der Waals surface area contributed by atoms with Gasteiger partial charge in [-0.15, -0.1) is 0 Å². The Kier molecular flexibility index (Phi) is 8.35. The number of rotatable bonds is 7. The Balaban J connectivity index is 1.14. The summed E-state index contributed by atoms with van der Waals surface area (Å²) >= 11 is 0. The highest BCUT2D eigenvalue weighted by molar-refractivity contribution is 6.12. The molecule has 0 fully saturated rings. The van der Waals surface area contributed by atoms with E-state index in [4.69, 9.17) is 29.1 Å². The van der Waals surface area contributed by atoms with Gasteiger partial charge in [-0.25, -0.2) is 9.98 Å². The highest BCUT2D eigenvalue weighted by Gasteiger charge is 2.32. The van der Waals surface area contributed by atoms with E-state index in [1.54, 1.807) is 0 Å².